The van der Waals surface area contributed by atoms with Crippen LogP contribution in [0.3, 0.4) is 0 Å². The normalized spacial score (nSPS) is 21.2. The van der Waals surface area contributed by atoms with Crippen molar-refractivity contribution in [2.75, 3.05) is 0 Å². The summed E-state index contributed by atoms with van der Waals surface area (Å²) in [6.07, 6.45) is 5.24. The molecule has 26 heavy (non-hydrogen) atoms. The van der Waals surface area contributed by atoms with Gasteiger partial charge in [0.2, 0.25) is 0 Å². The van der Waals surface area contributed by atoms with Gasteiger partial charge in [-0.25, -0.2) is 4.79 Å². The van der Waals surface area contributed by atoms with E-state index in [0.717, 1.165) is 45.0 Å². The molecular weight excluding hydrogens is 456 g/mol. The number of benzene rings is 2. The average molecular weight is 474 g/mol. The maximum absolute atomic E-state index is 12.3. The van der Waals surface area contributed by atoms with Gasteiger partial charge in [-0.2, -0.15) is 0 Å². The first-order valence-corrected chi connectivity index (χ1v) is 10.2. The Morgan fingerprint density at radius 3 is 2.27 bits per heavy atom. The van der Waals surface area contributed by atoms with E-state index in [-0.39, 0.29) is 12.1 Å². The van der Waals surface area contributed by atoms with Crippen molar-refractivity contribution in [3.63, 3.8) is 0 Å². The van der Waals surface area contributed by atoms with Gasteiger partial charge in [-0.05, 0) is 71.9 Å². The van der Waals surface area contributed by atoms with Crippen molar-refractivity contribution in [2.45, 2.75) is 25.3 Å². The molecule has 5 heteroatoms. The summed E-state index contributed by atoms with van der Waals surface area (Å²) in [4.78, 5) is 12.3. The highest BCUT2D eigenvalue weighted by molar-refractivity contribution is 9.10. The molecule has 2 aromatic carbocycles. The quantitative estimate of drug-likeness (QED) is 0.544. The number of hydrogen-bond donors (Lipinski definition) is 2. The van der Waals surface area contributed by atoms with E-state index < -0.39 is 0 Å². The summed E-state index contributed by atoms with van der Waals surface area (Å²) in [6.45, 7) is 0. The summed E-state index contributed by atoms with van der Waals surface area (Å²) in [5.74, 6) is 0. The van der Waals surface area contributed by atoms with Gasteiger partial charge in [0.15, 0.2) is 0 Å². The van der Waals surface area contributed by atoms with Crippen molar-refractivity contribution in [1.29, 1.82) is 0 Å². The van der Waals surface area contributed by atoms with E-state index in [2.05, 4.69) is 72.8 Å². The third-order valence-corrected chi connectivity index (χ3v) is 5.87. The Morgan fingerprint density at radius 1 is 0.923 bits per heavy atom. The second-order valence-corrected chi connectivity index (χ2v) is 8.39. The maximum atomic E-state index is 12.3. The molecule has 2 aromatic rings. The molecule has 2 N–H and O–H groups in total. The van der Waals surface area contributed by atoms with Crippen molar-refractivity contribution in [3.8, 4) is 0 Å². The standard InChI is InChI=1S/C21H18Br2N2O/c22-16-8-4-13(5-9-16)12-15-2-1-3-18-19(24-21(26)25-20(15)18)14-6-10-17(23)11-7-14/h4-12,19H,1-3H2,(H2,24,25,26)/b15-12+. The van der Waals surface area contributed by atoms with Gasteiger partial charge in [-0.3, -0.25) is 0 Å². The zero-order chi connectivity index (χ0) is 18.1. The van der Waals surface area contributed by atoms with Crippen molar-refractivity contribution in [1.82, 2.24) is 10.6 Å². The summed E-state index contributed by atoms with van der Waals surface area (Å²) < 4.78 is 2.10. The van der Waals surface area contributed by atoms with Gasteiger partial charge in [0, 0.05) is 14.6 Å². The minimum Gasteiger partial charge on any atom is -0.327 e. The van der Waals surface area contributed by atoms with Gasteiger partial charge in [-0.1, -0.05) is 56.1 Å². The van der Waals surface area contributed by atoms with E-state index in [9.17, 15) is 4.79 Å². The van der Waals surface area contributed by atoms with Crippen LogP contribution in [0.4, 0.5) is 4.79 Å². The molecule has 0 spiro atoms. The molecule has 2 aliphatic rings. The van der Waals surface area contributed by atoms with E-state index in [0.29, 0.717) is 0 Å². The number of carbonyl (C=O) groups is 1. The first-order chi connectivity index (χ1) is 12.6. The maximum Gasteiger partial charge on any atom is 0.319 e. The molecule has 1 aliphatic carbocycles. The van der Waals surface area contributed by atoms with Gasteiger partial charge in [-0.15, -0.1) is 0 Å². The Morgan fingerprint density at radius 2 is 1.58 bits per heavy atom. The SMILES string of the molecule is O=C1NC2=C(CCC/C2=C\c2ccc(Br)cc2)C(c2ccc(Br)cc2)N1. The number of amides is 2. The zero-order valence-electron chi connectivity index (χ0n) is 14.1. The van der Waals surface area contributed by atoms with Gasteiger partial charge in [0.05, 0.1) is 6.04 Å². The number of allylic oxidation sites excluding steroid dienone is 1. The Hall–Kier alpha value is -1.85. The van der Waals surface area contributed by atoms with Crippen LogP contribution in [0.1, 0.15) is 36.4 Å². The molecule has 1 heterocycles. The van der Waals surface area contributed by atoms with Crippen LogP contribution >= 0.6 is 31.9 Å². The topological polar surface area (TPSA) is 41.1 Å². The molecule has 3 nitrogen and oxygen atoms in total. The predicted octanol–water partition coefficient (Wildman–Crippen LogP) is 6.09. The lowest BCUT2D eigenvalue weighted by atomic mass is 9.83. The van der Waals surface area contributed by atoms with E-state index >= 15 is 0 Å². The molecule has 0 bridgehead atoms. The van der Waals surface area contributed by atoms with Crippen LogP contribution in [0.25, 0.3) is 6.08 Å². The van der Waals surface area contributed by atoms with Crippen LogP contribution in [0.15, 0.2) is 74.3 Å². The summed E-state index contributed by atoms with van der Waals surface area (Å²) >= 11 is 6.95. The molecule has 0 saturated heterocycles. The lowest BCUT2D eigenvalue weighted by molar-refractivity contribution is 0.238. The van der Waals surface area contributed by atoms with E-state index in [4.69, 9.17) is 0 Å². The van der Waals surface area contributed by atoms with Crippen LogP contribution in [-0.2, 0) is 0 Å². The van der Waals surface area contributed by atoms with Gasteiger partial charge < -0.3 is 10.6 Å². The Kier molecular flexibility index (Phi) is 5.00. The van der Waals surface area contributed by atoms with Crippen LogP contribution in [0.2, 0.25) is 0 Å². The molecule has 1 atom stereocenters. The molecule has 0 saturated carbocycles. The Labute approximate surface area is 169 Å². The zero-order valence-corrected chi connectivity index (χ0v) is 17.2. The lowest BCUT2D eigenvalue weighted by Crippen LogP contribution is -2.45. The predicted molar refractivity (Wildman–Crippen MR) is 112 cm³/mol. The second kappa shape index (κ2) is 7.41. The van der Waals surface area contributed by atoms with Crippen LogP contribution in [-0.4, -0.2) is 6.03 Å². The van der Waals surface area contributed by atoms with Crippen LogP contribution in [0, 0.1) is 0 Å². The minimum atomic E-state index is -0.139. The summed E-state index contributed by atoms with van der Waals surface area (Å²) in [6, 6.07) is 16.2. The molecule has 4 rings (SSSR count). The van der Waals surface area contributed by atoms with Crippen LogP contribution < -0.4 is 10.6 Å². The molecule has 1 aliphatic heterocycles. The summed E-state index contributed by atoms with van der Waals surface area (Å²) in [7, 11) is 0. The lowest BCUT2D eigenvalue weighted by Gasteiger charge is -2.34. The first-order valence-electron chi connectivity index (χ1n) is 8.63. The third-order valence-electron chi connectivity index (χ3n) is 4.81. The molecule has 2 amide bonds. The summed E-state index contributed by atoms with van der Waals surface area (Å²) in [5.41, 5.74) is 5.72. The van der Waals surface area contributed by atoms with Gasteiger partial charge >= 0.3 is 6.03 Å². The molecule has 0 radical (unpaired) electrons. The highest BCUT2D eigenvalue weighted by atomic mass is 79.9. The van der Waals surface area contributed by atoms with Gasteiger partial charge in [0.25, 0.3) is 0 Å². The number of nitrogens with one attached hydrogen (secondary N) is 2. The van der Waals surface area contributed by atoms with Crippen molar-refractivity contribution in [3.05, 3.63) is 85.4 Å². The highest BCUT2D eigenvalue weighted by Gasteiger charge is 2.31. The molecule has 132 valence electrons. The number of hydrogen-bond acceptors (Lipinski definition) is 1. The third kappa shape index (κ3) is 3.64. The fourth-order valence-corrected chi connectivity index (χ4v) is 4.12. The number of halogens is 2. The average Bonchev–Trinajstić information content (AvgIpc) is 2.64. The monoisotopic (exact) mass is 472 g/mol. The summed E-state index contributed by atoms with van der Waals surface area (Å²) in [5, 5.41) is 6.14. The van der Waals surface area contributed by atoms with E-state index in [1.54, 1.807) is 0 Å². The smallest absolute Gasteiger partial charge is 0.319 e. The second-order valence-electron chi connectivity index (χ2n) is 6.56. The van der Waals surface area contributed by atoms with Crippen LogP contribution in [0.5, 0.6) is 0 Å². The molecular formula is C21H18Br2N2O. The molecule has 1 unspecified atom stereocenters. The van der Waals surface area contributed by atoms with Crippen molar-refractivity contribution >= 4 is 44.0 Å². The minimum absolute atomic E-state index is 0.0690. The molecule has 0 aromatic heterocycles. The largest absolute Gasteiger partial charge is 0.327 e. The Balaban J connectivity index is 1.75. The number of carbonyl (C=O) groups excluding carboxylic acids is 1. The van der Waals surface area contributed by atoms with Crippen molar-refractivity contribution < 1.29 is 4.79 Å². The fraction of sp³-hybridized carbons (Fsp3) is 0.190. The highest BCUT2D eigenvalue weighted by Crippen LogP contribution is 2.38. The van der Waals surface area contributed by atoms with E-state index in [1.807, 2.05) is 24.3 Å². The number of rotatable bonds is 2. The van der Waals surface area contributed by atoms with Crippen molar-refractivity contribution in [2.24, 2.45) is 0 Å². The Bertz CT molecular complexity index is 899. The van der Waals surface area contributed by atoms with E-state index in [1.165, 1.54) is 11.1 Å². The van der Waals surface area contributed by atoms with Gasteiger partial charge in [0.1, 0.15) is 0 Å². The number of urea groups is 1. The first kappa shape index (κ1) is 17.6. The fourth-order valence-electron chi connectivity index (χ4n) is 3.59. The molecule has 0 fully saturated rings.